The number of halogens is 1. The van der Waals surface area contributed by atoms with Crippen LogP contribution < -0.4 is 10.1 Å². The number of anilines is 2. The fourth-order valence-corrected chi connectivity index (χ4v) is 4.24. The van der Waals surface area contributed by atoms with Gasteiger partial charge in [0.2, 0.25) is 11.8 Å². The molecule has 0 saturated carbocycles. The van der Waals surface area contributed by atoms with E-state index in [0.717, 1.165) is 33.9 Å². The summed E-state index contributed by atoms with van der Waals surface area (Å²) in [6.07, 6.45) is 3.87. The van der Waals surface area contributed by atoms with E-state index in [0.29, 0.717) is 11.7 Å². The Hall–Kier alpha value is -2.94. The largest absolute Gasteiger partial charge is 0.469 e. The minimum absolute atomic E-state index is 0.00809. The lowest BCUT2D eigenvalue weighted by Crippen LogP contribution is -2.30. The molecule has 1 aliphatic rings. The van der Waals surface area contributed by atoms with Gasteiger partial charge in [0.25, 0.3) is 0 Å². The molecule has 0 spiro atoms. The summed E-state index contributed by atoms with van der Waals surface area (Å²) in [4.78, 5) is 23.3. The number of aromatic nitrogens is 3. The van der Waals surface area contributed by atoms with E-state index in [1.54, 1.807) is 6.20 Å². The molecule has 3 aromatic heterocycles. The first kappa shape index (κ1) is 20.3. The van der Waals surface area contributed by atoms with E-state index in [9.17, 15) is 9.18 Å². The Morgan fingerprint density at radius 2 is 2.33 bits per heavy atom. The third-order valence-corrected chi connectivity index (χ3v) is 5.83. The zero-order valence-corrected chi connectivity index (χ0v) is 17.8. The maximum Gasteiger partial charge on any atom is 0.246 e. The van der Waals surface area contributed by atoms with Gasteiger partial charge in [-0.1, -0.05) is 13.5 Å². The molecule has 2 atom stereocenters. The molecule has 0 aromatic carbocycles. The van der Waals surface area contributed by atoms with Crippen LogP contribution in [-0.4, -0.2) is 50.7 Å². The Balaban J connectivity index is 1.67. The van der Waals surface area contributed by atoms with Gasteiger partial charge < -0.3 is 19.5 Å². The van der Waals surface area contributed by atoms with Crippen molar-refractivity contribution in [3.05, 3.63) is 42.1 Å². The van der Waals surface area contributed by atoms with Crippen molar-refractivity contribution in [2.75, 3.05) is 18.4 Å². The highest BCUT2D eigenvalue weighted by Gasteiger charge is 2.37. The predicted molar refractivity (Wildman–Crippen MR) is 116 cm³/mol. The number of hydrogen-bond acceptors (Lipinski definition) is 6. The molecular weight excluding hydrogens is 405 g/mol. The fraction of sp³-hybridized carbons (Fsp3) is 0.381. The summed E-state index contributed by atoms with van der Waals surface area (Å²) in [5.74, 6) is 0.625. The Bertz CT molecular complexity index is 1080. The number of carbonyl (C=O) groups is 1. The number of likely N-dealkylation sites (tertiary alicyclic amines) is 1. The molecule has 30 heavy (non-hydrogen) atoms. The van der Waals surface area contributed by atoms with Crippen molar-refractivity contribution in [1.29, 1.82) is 0 Å². The van der Waals surface area contributed by atoms with E-state index in [-0.39, 0.29) is 19.0 Å². The van der Waals surface area contributed by atoms with Crippen LogP contribution in [0.25, 0.3) is 10.9 Å². The van der Waals surface area contributed by atoms with Gasteiger partial charge in [-0.2, -0.15) is 4.98 Å². The van der Waals surface area contributed by atoms with E-state index in [1.165, 1.54) is 22.3 Å². The van der Waals surface area contributed by atoms with Crippen LogP contribution >= 0.6 is 11.3 Å². The lowest BCUT2D eigenvalue weighted by Gasteiger charge is -2.17. The number of ether oxygens (including phenoxy) is 1. The smallest absolute Gasteiger partial charge is 0.246 e. The Kier molecular flexibility index (Phi) is 5.72. The molecular formula is C21H24FN5O2S. The number of pyridine rings is 1. The average molecular weight is 430 g/mol. The topological polar surface area (TPSA) is 72.3 Å². The van der Waals surface area contributed by atoms with Crippen LogP contribution in [0.4, 0.5) is 15.3 Å². The first-order valence-corrected chi connectivity index (χ1v) is 10.7. The number of nitrogens with zero attached hydrogens (tertiary/aromatic N) is 4. The summed E-state index contributed by atoms with van der Waals surface area (Å²) in [5, 5.41) is 4.76. The van der Waals surface area contributed by atoms with Gasteiger partial charge in [-0.15, -0.1) is 11.3 Å². The van der Waals surface area contributed by atoms with Gasteiger partial charge in [-0.3, -0.25) is 4.79 Å². The second-order valence-electron chi connectivity index (χ2n) is 7.28. The van der Waals surface area contributed by atoms with E-state index in [2.05, 4.69) is 33.4 Å². The van der Waals surface area contributed by atoms with Crippen molar-refractivity contribution in [2.24, 2.45) is 0 Å². The Morgan fingerprint density at radius 3 is 3.03 bits per heavy atom. The zero-order chi connectivity index (χ0) is 21.3. The van der Waals surface area contributed by atoms with Gasteiger partial charge in [0.15, 0.2) is 17.4 Å². The van der Waals surface area contributed by atoms with Crippen molar-refractivity contribution in [1.82, 2.24) is 19.4 Å². The Labute approximate surface area is 178 Å². The van der Waals surface area contributed by atoms with E-state index < -0.39 is 12.3 Å². The molecule has 1 N–H and O–H groups in total. The van der Waals surface area contributed by atoms with Crippen LogP contribution in [-0.2, 0) is 11.3 Å². The third-order valence-electron chi connectivity index (χ3n) is 5.00. The third kappa shape index (κ3) is 4.02. The molecule has 1 amide bonds. The van der Waals surface area contributed by atoms with Crippen LogP contribution in [0, 0.1) is 6.92 Å². The molecule has 1 fully saturated rings. The second-order valence-corrected chi connectivity index (χ2v) is 8.51. The van der Waals surface area contributed by atoms with E-state index in [1.807, 2.05) is 25.3 Å². The standard InChI is InChI=1S/C21H24FN5O2S/c1-4-7-26-8-6-14-16(26)9-18(25-21-23-10-13(3)30-21)24-20(14)29-17-12-27(11-15(17)22)19(28)5-2/h5-6,8-10,15,17H,2,4,7,11-12H2,1,3H3,(H,23,24,25)/t15-,17-/m1/s1. The molecule has 4 heterocycles. The van der Waals surface area contributed by atoms with Crippen molar-refractivity contribution in [2.45, 2.75) is 39.1 Å². The lowest BCUT2D eigenvalue weighted by molar-refractivity contribution is -0.125. The first-order valence-electron chi connectivity index (χ1n) is 9.90. The number of hydrogen-bond donors (Lipinski definition) is 1. The second kappa shape index (κ2) is 8.43. The normalized spacial score (nSPS) is 18.7. The average Bonchev–Trinajstić information content (AvgIpc) is 3.42. The van der Waals surface area contributed by atoms with Gasteiger partial charge in [0.05, 0.1) is 24.0 Å². The summed E-state index contributed by atoms with van der Waals surface area (Å²) >= 11 is 1.53. The van der Waals surface area contributed by atoms with Crippen LogP contribution in [0.1, 0.15) is 18.2 Å². The number of amides is 1. The molecule has 3 aromatic rings. The Morgan fingerprint density at radius 1 is 1.50 bits per heavy atom. The molecule has 0 unspecified atom stereocenters. The van der Waals surface area contributed by atoms with Gasteiger partial charge in [0, 0.05) is 29.9 Å². The summed E-state index contributed by atoms with van der Waals surface area (Å²) < 4.78 is 22.7. The molecule has 1 aliphatic heterocycles. The van der Waals surface area contributed by atoms with Crippen molar-refractivity contribution in [3.63, 3.8) is 0 Å². The fourth-order valence-electron chi connectivity index (χ4n) is 3.57. The predicted octanol–water partition coefficient (Wildman–Crippen LogP) is 4.07. The van der Waals surface area contributed by atoms with E-state index in [4.69, 9.17) is 4.74 Å². The number of fused-ring (bicyclic) bond motifs is 1. The molecule has 158 valence electrons. The molecule has 7 nitrogen and oxygen atoms in total. The monoisotopic (exact) mass is 429 g/mol. The number of carbonyl (C=O) groups excluding carboxylic acids is 1. The molecule has 0 bridgehead atoms. The summed E-state index contributed by atoms with van der Waals surface area (Å²) in [6, 6.07) is 3.88. The highest BCUT2D eigenvalue weighted by atomic mass is 32.1. The number of alkyl halides is 1. The van der Waals surface area contributed by atoms with Crippen molar-refractivity contribution >= 4 is 39.1 Å². The minimum Gasteiger partial charge on any atom is -0.469 e. The van der Waals surface area contributed by atoms with Gasteiger partial charge >= 0.3 is 0 Å². The van der Waals surface area contributed by atoms with Crippen LogP contribution in [0.15, 0.2) is 37.2 Å². The molecule has 0 aliphatic carbocycles. The van der Waals surface area contributed by atoms with Gasteiger partial charge in [-0.05, 0) is 25.5 Å². The molecule has 9 heteroatoms. The number of aryl methyl sites for hydroxylation is 2. The minimum atomic E-state index is -1.29. The maximum absolute atomic E-state index is 14.6. The summed E-state index contributed by atoms with van der Waals surface area (Å²) in [7, 11) is 0. The van der Waals surface area contributed by atoms with Crippen LogP contribution in [0.2, 0.25) is 0 Å². The maximum atomic E-state index is 14.6. The number of nitrogens with one attached hydrogen (secondary N) is 1. The van der Waals surface area contributed by atoms with Gasteiger partial charge in [-0.25, -0.2) is 9.37 Å². The number of rotatable bonds is 7. The van der Waals surface area contributed by atoms with Gasteiger partial charge in [0.1, 0.15) is 5.82 Å². The zero-order valence-electron chi connectivity index (χ0n) is 17.0. The molecule has 1 saturated heterocycles. The lowest BCUT2D eigenvalue weighted by atomic mass is 10.2. The molecule has 4 rings (SSSR count). The quantitative estimate of drug-likeness (QED) is 0.573. The highest BCUT2D eigenvalue weighted by molar-refractivity contribution is 7.15. The van der Waals surface area contributed by atoms with E-state index >= 15 is 0 Å². The summed E-state index contributed by atoms with van der Waals surface area (Å²) in [5.41, 5.74) is 0.949. The molecule has 0 radical (unpaired) electrons. The van der Waals surface area contributed by atoms with Crippen LogP contribution in [0.3, 0.4) is 0 Å². The van der Waals surface area contributed by atoms with Crippen LogP contribution in [0.5, 0.6) is 5.88 Å². The van der Waals surface area contributed by atoms with Crippen molar-refractivity contribution < 1.29 is 13.9 Å². The van der Waals surface area contributed by atoms with Crippen molar-refractivity contribution in [3.8, 4) is 5.88 Å². The number of thiazole rings is 1. The first-order chi connectivity index (χ1) is 14.5. The summed E-state index contributed by atoms with van der Waals surface area (Å²) in [6.45, 7) is 8.57. The SMILES string of the molecule is C=CC(=O)N1C[C@@H](F)[C@H](Oc2nc(Nc3ncc(C)s3)cc3c2ccn3CCC)C1. The highest BCUT2D eigenvalue weighted by Crippen LogP contribution is 2.32.